The van der Waals surface area contributed by atoms with Crippen molar-refractivity contribution in [3.8, 4) is 0 Å². The number of hydrogen-bond donors (Lipinski definition) is 2. The molecule has 0 bridgehead atoms. The second-order valence-corrected chi connectivity index (χ2v) is 5.21. The Labute approximate surface area is 111 Å². The van der Waals surface area contributed by atoms with Gasteiger partial charge in [0.15, 0.2) is 0 Å². The Morgan fingerprint density at radius 2 is 2.12 bits per heavy atom. The molecule has 1 unspecified atom stereocenters. The van der Waals surface area contributed by atoms with Crippen molar-refractivity contribution in [1.29, 1.82) is 0 Å². The lowest BCUT2D eigenvalue weighted by atomic mass is 10.1. The zero-order valence-electron chi connectivity index (χ0n) is 10.5. The molecule has 1 aromatic carbocycles. The van der Waals surface area contributed by atoms with Gasteiger partial charge in [0.25, 0.3) is 5.91 Å². The van der Waals surface area contributed by atoms with Gasteiger partial charge in [0.2, 0.25) is 0 Å². The van der Waals surface area contributed by atoms with E-state index in [9.17, 15) is 4.79 Å². The minimum Gasteiger partial charge on any atom is -0.352 e. The number of hydrogen-bond acceptors (Lipinski definition) is 2. The van der Waals surface area contributed by atoms with E-state index in [2.05, 4.69) is 33.5 Å². The molecule has 0 saturated carbocycles. The molecule has 1 amide bonds. The maximum atomic E-state index is 11.9. The maximum absolute atomic E-state index is 11.9. The van der Waals surface area contributed by atoms with Gasteiger partial charge in [0.05, 0.1) is 5.56 Å². The molecule has 3 nitrogen and oxygen atoms in total. The maximum Gasteiger partial charge on any atom is 0.252 e. The van der Waals surface area contributed by atoms with E-state index >= 15 is 0 Å². The second kappa shape index (κ2) is 6.77. The Bertz CT molecular complexity index is 393. The summed E-state index contributed by atoms with van der Waals surface area (Å²) in [4.78, 5) is 11.9. The van der Waals surface area contributed by atoms with E-state index in [-0.39, 0.29) is 5.91 Å². The number of carbonyl (C=O) groups excluding carboxylic acids is 1. The fourth-order valence-electron chi connectivity index (χ4n) is 1.59. The van der Waals surface area contributed by atoms with Crippen LogP contribution in [0.25, 0.3) is 0 Å². The van der Waals surface area contributed by atoms with Gasteiger partial charge >= 0.3 is 0 Å². The quantitative estimate of drug-likeness (QED) is 0.876. The van der Waals surface area contributed by atoms with Gasteiger partial charge < -0.3 is 10.6 Å². The van der Waals surface area contributed by atoms with Gasteiger partial charge in [0, 0.05) is 11.0 Å². The Morgan fingerprint density at radius 1 is 1.41 bits per heavy atom. The first kappa shape index (κ1) is 14.2. The van der Waals surface area contributed by atoms with Crippen LogP contribution in [-0.2, 0) is 0 Å². The minimum atomic E-state index is -0.0279. The lowest BCUT2D eigenvalue weighted by molar-refractivity contribution is 0.0947. The highest BCUT2D eigenvalue weighted by atomic mass is 79.9. The predicted octanol–water partition coefficient (Wildman–Crippen LogP) is 2.34. The van der Waals surface area contributed by atoms with Crippen LogP contribution in [0.5, 0.6) is 0 Å². The number of halogens is 1. The average molecular weight is 299 g/mol. The van der Waals surface area contributed by atoms with Crippen molar-refractivity contribution in [1.82, 2.24) is 10.6 Å². The Hall–Kier alpha value is -0.870. The first-order valence-corrected chi connectivity index (χ1v) is 6.53. The Balaban J connectivity index is 2.58. The third-order valence-corrected chi connectivity index (χ3v) is 3.19. The number of rotatable bonds is 5. The SMILES string of the molecule is CNCC(C)CNC(=O)c1ccc(C)cc1Br. The molecule has 0 heterocycles. The third-order valence-electron chi connectivity index (χ3n) is 2.53. The third kappa shape index (κ3) is 4.48. The van der Waals surface area contributed by atoms with Crippen LogP contribution in [0.15, 0.2) is 22.7 Å². The molecule has 0 aliphatic rings. The predicted molar refractivity (Wildman–Crippen MR) is 74.3 cm³/mol. The lowest BCUT2D eigenvalue weighted by Crippen LogP contribution is -2.32. The molecule has 0 aromatic heterocycles. The summed E-state index contributed by atoms with van der Waals surface area (Å²) in [7, 11) is 1.91. The van der Waals surface area contributed by atoms with E-state index in [1.165, 1.54) is 0 Å². The standard InChI is InChI=1S/C13H19BrN2O/c1-9-4-5-11(12(14)6-9)13(17)16-8-10(2)7-15-3/h4-6,10,15H,7-8H2,1-3H3,(H,16,17). The van der Waals surface area contributed by atoms with Gasteiger partial charge in [-0.2, -0.15) is 0 Å². The van der Waals surface area contributed by atoms with E-state index in [0.717, 1.165) is 16.6 Å². The van der Waals surface area contributed by atoms with Gasteiger partial charge in [-0.25, -0.2) is 0 Å². The number of benzene rings is 1. The topological polar surface area (TPSA) is 41.1 Å². The molecule has 0 aliphatic heterocycles. The number of aryl methyl sites for hydroxylation is 1. The first-order valence-electron chi connectivity index (χ1n) is 5.73. The summed E-state index contributed by atoms with van der Waals surface area (Å²) in [6, 6.07) is 5.74. The van der Waals surface area contributed by atoms with Crippen molar-refractivity contribution in [2.75, 3.05) is 20.1 Å². The Kier molecular flexibility index (Phi) is 5.65. The normalized spacial score (nSPS) is 12.2. The molecule has 0 spiro atoms. The highest BCUT2D eigenvalue weighted by molar-refractivity contribution is 9.10. The minimum absolute atomic E-state index is 0.0279. The second-order valence-electron chi connectivity index (χ2n) is 4.36. The van der Waals surface area contributed by atoms with Crippen LogP contribution in [-0.4, -0.2) is 26.0 Å². The van der Waals surface area contributed by atoms with E-state index in [1.807, 2.05) is 32.2 Å². The zero-order valence-corrected chi connectivity index (χ0v) is 12.1. The largest absolute Gasteiger partial charge is 0.352 e. The van der Waals surface area contributed by atoms with Gasteiger partial charge in [-0.1, -0.05) is 13.0 Å². The van der Waals surface area contributed by atoms with E-state index in [0.29, 0.717) is 18.0 Å². The highest BCUT2D eigenvalue weighted by Crippen LogP contribution is 2.18. The smallest absolute Gasteiger partial charge is 0.252 e. The number of amides is 1. The van der Waals surface area contributed by atoms with Crippen molar-refractivity contribution in [3.63, 3.8) is 0 Å². The van der Waals surface area contributed by atoms with Crippen LogP contribution in [0.1, 0.15) is 22.8 Å². The summed E-state index contributed by atoms with van der Waals surface area (Å²) >= 11 is 3.41. The molecule has 0 saturated heterocycles. The Morgan fingerprint density at radius 3 is 2.71 bits per heavy atom. The molecule has 1 atom stereocenters. The lowest BCUT2D eigenvalue weighted by Gasteiger charge is -2.12. The van der Waals surface area contributed by atoms with Gasteiger partial charge in [0.1, 0.15) is 0 Å². The molecule has 0 fully saturated rings. The molecule has 1 aromatic rings. The summed E-state index contributed by atoms with van der Waals surface area (Å²) < 4.78 is 0.844. The fraction of sp³-hybridized carbons (Fsp3) is 0.462. The number of nitrogens with one attached hydrogen (secondary N) is 2. The van der Waals surface area contributed by atoms with Crippen LogP contribution < -0.4 is 10.6 Å². The van der Waals surface area contributed by atoms with Crippen LogP contribution in [0.2, 0.25) is 0 Å². The monoisotopic (exact) mass is 298 g/mol. The van der Waals surface area contributed by atoms with Crippen molar-refractivity contribution in [2.45, 2.75) is 13.8 Å². The molecule has 1 rings (SSSR count). The van der Waals surface area contributed by atoms with Crippen molar-refractivity contribution in [2.24, 2.45) is 5.92 Å². The van der Waals surface area contributed by atoms with E-state index in [1.54, 1.807) is 0 Å². The molecule has 94 valence electrons. The van der Waals surface area contributed by atoms with Crippen molar-refractivity contribution >= 4 is 21.8 Å². The zero-order chi connectivity index (χ0) is 12.8. The van der Waals surface area contributed by atoms with Crippen molar-refractivity contribution < 1.29 is 4.79 Å². The summed E-state index contributed by atoms with van der Waals surface area (Å²) in [5, 5.41) is 6.02. The average Bonchev–Trinajstić information content (AvgIpc) is 2.26. The van der Waals surface area contributed by atoms with E-state index in [4.69, 9.17) is 0 Å². The first-order chi connectivity index (χ1) is 8.04. The molecule has 0 radical (unpaired) electrons. The summed E-state index contributed by atoms with van der Waals surface area (Å²) in [5.41, 5.74) is 1.82. The van der Waals surface area contributed by atoms with Crippen LogP contribution in [0, 0.1) is 12.8 Å². The van der Waals surface area contributed by atoms with Gasteiger partial charge in [-0.05, 0) is 60.1 Å². The molecule has 2 N–H and O–H groups in total. The number of carbonyl (C=O) groups is 1. The van der Waals surface area contributed by atoms with Crippen LogP contribution in [0.3, 0.4) is 0 Å². The molecule has 0 aliphatic carbocycles. The van der Waals surface area contributed by atoms with Crippen LogP contribution in [0.4, 0.5) is 0 Å². The van der Waals surface area contributed by atoms with Gasteiger partial charge in [-0.15, -0.1) is 0 Å². The molecular formula is C13H19BrN2O. The highest BCUT2D eigenvalue weighted by Gasteiger charge is 2.10. The van der Waals surface area contributed by atoms with Crippen LogP contribution >= 0.6 is 15.9 Å². The molecular weight excluding hydrogens is 280 g/mol. The molecule has 4 heteroatoms. The van der Waals surface area contributed by atoms with Gasteiger partial charge in [-0.3, -0.25) is 4.79 Å². The van der Waals surface area contributed by atoms with E-state index < -0.39 is 0 Å². The van der Waals surface area contributed by atoms with Crippen molar-refractivity contribution in [3.05, 3.63) is 33.8 Å². The summed E-state index contributed by atoms with van der Waals surface area (Å²) in [5.74, 6) is 0.396. The summed E-state index contributed by atoms with van der Waals surface area (Å²) in [6.07, 6.45) is 0. The molecule has 17 heavy (non-hydrogen) atoms. The summed E-state index contributed by atoms with van der Waals surface area (Å²) in [6.45, 7) is 5.68. The fourth-order valence-corrected chi connectivity index (χ4v) is 2.26.